The SMILES string of the molecule is FC1=C(F)C(F)c2c(F)c(F)c(F)c(F)c21. The van der Waals surface area contributed by atoms with Crippen LogP contribution in [0.25, 0.3) is 5.83 Å². The number of benzene rings is 1. The number of alkyl halides is 1. The summed E-state index contributed by atoms with van der Waals surface area (Å²) in [5, 5.41) is 0. The van der Waals surface area contributed by atoms with E-state index in [1.54, 1.807) is 0 Å². The fraction of sp³-hybridized carbons (Fsp3) is 0.111. The summed E-state index contributed by atoms with van der Waals surface area (Å²) in [7, 11) is 0. The van der Waals surface area contributed by atoms with Crippen LogP contribution in [-0.2, 0) is 0 Å². The number of hydrogen-bond donors (Lipinski definition) is 0. The average Bonchev–Trinajstić information content (AvgIpc) is 2.48. The minimum atomic E-state index is -2.96. The van der Waals surface area contributed by atoms with Crippen molar-refractivity contribution in [3.8, 4) is 0 Å². The Morgan fingerprint density at radius 2 is 1.19 bits per heavy atom. The van der Waals surface area contributed by atoms with Crippen LogP contribution < -0.4 is 0 Å². The lowest BCUT2D eigenvalue weighted by Crippen LogP contribution is -2.05. The van der Waals surface area contributed by atoms with Gasteiger partial charge in [-0.25, -0.2) is 30.7 Å². The van der Waals surface area contributed by atoms with Crippen LogP contribution in [0, 0.1) is 23.3 Å². The number of hydrogen-bond acceptors (Lipinski definition) is 0. The van der Waals surface area contributed by atoms with Crippen molar-refractivity contribution in [3.05, 3.63) is 40.2 Å². The predicted molar refractivity (Wildman–Crippen MR) is 39.3 cm³/mol. The van der Waals surface area contributed by atoms with E-state index < -0.39 is 52.2 Å². The minimum absolute atomic E-state index is 1.49. The van der Waals surface area contributed by atoms with Crippen LogP contribution in [-0.4, -0.2) is 0 Å². The molecular formula is C9HF7. The van der Waals surface area contributed by atoms with Gasteiger partial charge in [0.05, 0.1) is 5.56 Å². The molecule has 1 atom stereocenters. The number of halogens is 7. The van der Waals surface area contributed by atoms with Crippen LogP contribution in [0.2, 0.25) is 0 Å². The molecule has 1 aromatic rings. The van der Waals surface area contributed by atoms with Gasteiger partial charge >= 0.3 is 0 Å². The van der Waals surface area contributed by atoms with Gasteiger partial charge in [-0.2, -0.15) is 0 Å². The molecule has 16 heavy (non-hydrogen) atoms. The lowest BCUT2D eigenvalue weighted by atomic mass is 10.1. The highest BCUT2D eigenvalue weighted by Gasteiger charge is 2.41. The molecule has 1 aromatic carbocycles. The molecule has 0 spiro atoms. The predicted octanol–water partition coefficient (Wildman–Crippen LogP) is 3.87. The van der Waals surface area contributed by atoms with Crippen molar-refractivity contribution in [1.82, 2.24) is 0 Å². The van der Waals surface area contributed by atoms with Crippen LogP contribution in [0.1, 0.15) is 17.3 Å². The topological polar surface area (TPSA) is 0 Å². The Labute approximate surface area is 84.0 Å². The average molecular weight is 242 g/mol. The second-order valence-corrected chi connectivity index (χ2v) is 3.07. The van der Waals surface area contributed by atoms with Crippen molar-refractivity contribution < 1.29 is 30.7 Å². The second-order valence-electron chi connectivity index (χ2n) is 3.07. The fourth-order valence-electron chi connectivity index (χ4n) is 1.46. The van der Waals surface area contributed by atoms with E-state index in [0.29, 0.717) is 0 Å². The summed E-state index contributed by atoms with van der Waals surface area (Å²) in [6.07, 6.45) is -2.96. The monoisotopic (exact) mass is 242 g/mol. The third-order valence-corrected chi connectivity index (χ3v) is 2.21. The first-order valence-electron chi connectivity index (χ1n) is 3.93. The molecule has 0 nitrogen and oxygen atoms in total. The lowest BCUT2D eigenvalue weighted by molar-refractivity contribution is 0.321. The molecule has 0 saturated carbocycles. The first kappa shape index (κ1) is 11.0. The van der Waals surface area contributed by atoms with E-state index in [-0.39, 0.29) is 0 Å². The maximum absolute atomic E-state index is 13.0. The van der Waals surface area contributed by atoms with E-state index in [1.165, 1.54) is 0 Å². The summed E-state index contributed by atoms with van der Waals surface area (Å²) in [6.45, 7) is 0. The van der Waals surface area contributed by atoms with Crippen molar-refractivity contribution >= 4 is 5.83 Å². The highest BCUT2D eigenvalue weighted by Crippen LogP contribution is 2.47. The van der Waals surface area contributed by atoms with Crippen LogP contribution in [0.3, 0.4) is 0 Å². The molecule has 0 saturated heterocycles. The van der Waals surface area contributed by atoms with Crippen molar-refractivity contribution in [3.63, 3.8) is 0 Å². The molecule has 1 aliphatic rings. The number of rotatable bonds is 0. The van der Waals surface area contributed by atoms with E-state index in [9.17, 15) is 30.7 Å². The van der Waals surface area contributed by atoms with E-state index in [1.807, 2.05) is 0 Å². The first-order valence-corrected chi connectivity index (χ1v) is 3.93. The van der Waals surface area contributed by atoms with Gasteiger partial charge in [0.15, 0.2) is 41.1 Å². The summed E-state index contributed by atoms with van der Waals surface area (Å²) in [5.74, 6) is -13.1. The van der Waals surface area contributed by atoms with Gasteiger partial charge < -0.3 is 0 Å². The van der Waals surface area contributed by atoms with Crippen LogP contribution in [0.15, 0.2) is 5.83 Å². The molecule has 0 aliphatic heterocycles. The highest BCUT2D eigenvalue weighted by molar-refractivity contribution is 5.72. The van der Waals surface area contributed by atoms with Crippen molar-refractivity contribution in [2.24, 2.45) is 0 Å². The summed E-state index contributed by atoms with van der Waals surface area (Å²) in [4.78, 5) is 0. The Balaban J connectivity index is 2.89. The summed E-state index contributed by atoms with van der Waals surface area (Å²) in [6, 6.07) is 0. The van der Waals surface area contributed by atoms with Crippen LogP contribution in [0.5, 0.6) is 0 Å². The van der Waals surface area contributed by atoms with Gasteiger partial charge in [-0.3, -0.25) is 0 Å². The second kappa shape index (κ2) is 3.23. The lowest BCUT2D eigenvalue weighted by Gasteiger charge is -2.07. The zero-order valence-electron chi connectivity index (χ0n) is 7.22. The van der Waals surface area contributed by atoms with Gasteiger partial charge in [-0.1, -0.05) is 0 Å². The Morgan fingerprint density at radius 3 is 1.75 bits per heavy atom. The molecule has 0 amide bonds. The molecule has 0 aromatic heterocycles. The molecule has 0 fully saturated rings. The van der Waals surface area contributed by atoms with Crippen molar-refractivity contribution in [1.29, 1.82) is 0 Å². The number of fused-ring (bicyclic) bond motifs is 1. The zero-order chi connectivity index (χ0) is 12.2. The fourth-order valence-corrected chi connectivity index (χ4v) is 1.46. The molecule has 0 bridgehead atoms. The summed E-state index contributed by atoms with van der Waals surface area (Å²) < 4.78 is 89.7. The quantitative estimate of drug-likeness (QED) is 0.368. The first-order chi connectivity index (χ1) is 7.37. The summed E-state index contributed by atoms with van der Waals surface area (Å²) >= 11 is 0. The van der Waals surface area contributed by atoms with E-state index >= 15 is 0 Å². The maximum Gasteiger partial charge on any atom is 0.198 e. The van der Waals surface area contributed by atoms with Gasteiger partial charge in [0.2, 0.25) is 0 Å². The van der Waals surface area contributed by atoms with Gasteiger partial charge in [-0.15, -0.1) is 0 Å². The van der Waals surface area contributed by atoms with Gasteiger partial charge in [0, 0.05) is 5.56 Å². The third-order valence-electron chi connectivity index (χ3n) is 2.21. The van der Waals surface area contributed by atoms with Crippen LogP contribution in [0.4, 0.5) is 30.7 Å². The van der Waals surface area contributed by atoms with E-state index in [2.05, 4.69) is 0 Å². The molecule has 1 unspecified atom stereocenters. The minimum Gasteiger partial charge on any atom is -0.234 e. The van der Waals surface area contributed by atoms with Crippen molar-refractivity contribution in [2.45, 2.75) is 6.17 Å². The largest absolute Gasteiger partial charge is 0.234 e. The summed E-state index contributed by atoms with van der Waals surface area (Å²) in [5.41, 5.74) is -3.03. The molecule has 2 rings (SSSR count). The molecule has 1 aliphatic carbocycles. The molecular weight excluding hydrogens is 241 g/mol. The maximum atomic E-state index is 13.0. The third kappa shape index (κ3) is 1.11. The Bertz CT molecular complexity index is 517. The normalized spacial score (nSPS) is 19.3. The Kier molecular flexibility index (Phi) is 2.21. The smallest absolute Gasteiger partial charge is 0.198 e. The van der Waals surface area contributed by atoms with Crippen molar-refractivity contribution in [2.75, 3.05) is 0 Å². The number of allylic oxidation sites excluding steroid dienone is 1. The van der Waals surface area contributed by atoms with Gasteiger partial charge in [-0.05, 0) is 0 Å². The van der Waals surface area contributed by atoms with Gasteiger partial charge in [0.25, 0.3) is 0 Å². The molecule has 0 radical (unpaired) electrons. The van der Waals surface area contributed by atoms with E-state index in [4.69, 9.17) is 0 Å². The molecule has 0 N–H and O–H groups in total. The standard InChI is InChI=1S/C9HF7/c10-3-1-2(4(11)7(3)14)6(13)9(16)8(15)5(1)12/h3H. The van der Waals surface area contributed by atoms with Crippen LogP contribution >= 0.6 is 0 Å². The zero-order valence-corrected chi connectivity index (χ0v) is 7.22. The molecule has 0 heterocycles. The highest BCUT2D eigenvalue weighted by atomic mass is 19.2. The Hall–Kier alpha value is -1.53. The molecule has 86 valence electrons. The molecule has 7 heteroatoms. The Morgan fingerprint density at radius 1 is 0.688 bits per heavy atom. The van der Waals surface area contributed by atoms with E-state index in [0.717, 1.165) is 0 Å². The van der Waals surface area contributed by atoms with Gasteiger partial charge in [0.1, 0.15) is 0 Å².